The number of para-hydroxylation sites is 2. The zero-order valence-electron chi connectivity index (χ0n) is 15.5. The molecule has 0 spiro atoms. The van der Waals surface area contributed by atoms with Crippen molar-refractivity contribution in [1.29, 1.82) is 0 Å². The van der Waals surface area contributed by atoms with Crippen LogP contribution in [-0.4, -0.2) is 44.9 Å². The summed E-state index contributed by atoms with van der Waals surface area (Å²) >= 11 is 0. The quantitative estimate of drug-likeness (QED) is 0.766. The Morgan fingerprint density at radius 2 is 1.89 bits per heavy atom. The number of carbonyl (C=O) groups is 2. The number of benzene rings is 2. The molecule has 2 aliphatic rings. The highest BCUT2D eigenvalue weighted by Gasteiger charge is 2.43. The lowest BCUT2D eigenvalue weighted by Gasteiger charge is -2.39. The van der Waals surface area contributed by atoms with Crippen LogP contribution in [0.3, 0.4) is 0 Å². The van der Waals surface area contributed by atoms with Gasteiger partial charge in [-0.1, -0.05) is 42.5 Å². The molecule has 0 radical (unpaired) electrons. The van der Waals surface area contributed by atoms with E-state index in [0.29, 0.717) is 13.0 Å². The summed E-state index contributed by atoms with van der Waals surface area (Å²) in [5.41, 5.74) is 2.72. The Morgan fingerprint density at radius 3 is 2.75 bits per heavy atom. The maximum Gasteiger partial charge on any atom is 0.250 e. The minimum atomic E-state index is -0.497. The van der Waals surface area contributed by atoms with Gasteiger partial charge < -0.3 is 14.8 Å². The highest BCUT2D eigenvalue weighted by Crippen LogP contribution is 2.31. The standard InChI is InChI=1S/C22H22N4O2/c27-20-13-19-17(24-20)10-6-12-25(19)22(28)21(15-7-2-1-3-8-15)26-14-23-16-9-4-5-11-18(16)26/h1-5,7-9,11,14,17,19,21H,6,10,12-13H2,(H,24,27)/t17-,19-,21?/m0/s1. The summed E-state index contributed by atoms with van der Waals surface area (Å²) in [6.07, 6.45) is 3.98. The van der Waals surface area contributed by atoms with E-state index in [2.05, 4.69) is 10.3 Å². The van der Waals surface area contributed by atoms with E-state index >= 15 is 0 Å². The monoisotopic (exact) mass is 374 g/mol. The number of piperidine rings is 1. The van der Waals surface area contributed by atoms with Crippen molar-refractivity contribution >= 4 is 22.8 Å². The lowest BCUT2D eigenvalue weighted by atomic mass is 9.95. The van der Waals surface area contributed by atoms with E-state index < -0.39 is 6.04 Å². The van der Waals surface area contributed by atoms with E-state index in [1.54, 1.807) is 6.33 Å². The van der Waals surface area contributed by atoms with Gasteiger partial charge in [0.25, 0.3) is 5.91 Å². The fraction of sp³-hybridized carbons (Fsp3) is 0.318. The third kappa shape index (κ3) is 2.76. The molecule has 3 atom stereocenters. The summed E-state index contributed by atoms with van der Waals surface area (Å²) in [6.45, 7) is 0.685. The Morgan fingerprint density at radius 1 is 1.11 bits per heavy atom. The van der Waals surface area contributed by atoms with E-state index in [1.807, 2.05) is 64.1 Å². The van der Waals surface area contributed by atoms with Crippen molar-refractivity contribution in [1.82, 2.24) is 19.8 Å². The van der Waals surface area contributed by atoms with Crippen LogP contribution in [0.1, 0.15) is 30.9 Å². The molecule has 142 valence electrons. The minimum Gasteiger partial charge on any atom is -0.351 e. The number of nitrogens with zero attached hydrogens (tertiary/aromatic N) is 3. The number of hydrogen-bond acceptors (Lipinski definition) is 3. The van der Waals surface area contributed by atoms with E-state index in [0.717, 1.165) is 29.4 Å². The molecule has 3 heterocycles. The summed E-state index contributed by atoms with van der Waals surface area (Å²) in [7, 11) is 0. The molecule has 1 unspecified atom stereocenters. The summed E-state index contributed by atoms with van der Waals surface area (Å²) in [6, 6.07) is 17.2. The number of likely N-dealkylation sites (tertiary alicyclic amines) is 1. The van der Waals surface area contributed by atoms with Crippen LogP contribution in [0.4, 0.5) is 0 Å². The SMILES string of the molecule is O=C1C[C@H]2[C@H](CCCN2C(=O)C(c2ccccc2)n2cnc3ccccc32)N1. The van der Waals surface area contributed by atoms with Crippen molar-refractivity contribution in [3.05, 3.63) is 66.5 Å². The second-order valence-electron chi connectivity index (χ2n) is 7.57. The molecule has 2 saturated heterocycles. The first-order valence-electron chi connectivity index (χ1n) is 9.79. The second kappa shape index (κ2) is 6.78. The number of nitrogens with one attached hydrogen (secondary N) is 1. The lowest BCUT2D eigenvalue weighted by Crippen LogP contribution is -2.53. The first-order valence-corrected chi connectivity index (χ1v) is 9.79. The predicted octanol–water partition coefficient (Wildman–Crippen LogP) is 2.51. The summed E-state index contributed by atoms with van der Waals surface area (Å²) in [5.74, 6) is 0.0691. The Kier molecular flexibility index (Phi) is 4.11. The predicted molar refractivity (Wildman–Crippen MR) is 106 cm³/mol. The molecule has 0 bridgehead atoms. The maximum atomic E-state index is 13.8. The maximum absolute atomic E-state index is 13.8. The van der Waals surface area contributed by atoms with Crippen LogP contribution in [-0.2, 0) is 9.59 Å². The molecule has 2 amide bonds. The van der Waals surface area contributed by atoms with Gasteiger partial charge in [-0.05, 0) is 30.5 Å². The average molecular weight is 374 g/mol. The first-order chi connectivity index (χ1) is 13.7. The van der Waals surface area contributed by atoms with Gasteiger partial charge in [0, 0.05) is 19.0 Å². The van der Waals surface area contributed by atoms with Crippen molar-refractivity contribution in [3.63, 3.8) is 0 Å². The largest absolute Gasteiger partial charge is 0.351 e. The fourth-order valence-corrected chi connectivity index (χ4v) is 4.61. The number of hydrogen-bond donors (Lipinski definition) is 1. The molecule has 1 N–H and O–H groups in total. The topological polar surface area (TPSA) is 67.2 Å². The van der Waals surface area contributed by atoms with Gasteiger partial charge in [0.15, 0.2) is 0 Å². The van der Waals surface area contributed by atoms with Crippen molar-refractivity contribution in [2.24, 2.45) is 0 Å². The average Bonchev–Trinajstić information content (AvgIpc) is 3.31. The van der Waals surface area contributed by atoms with Gasteiger partial charge in [0.1, 0.15) is 6.04 Å². The van der Waals surface area contributed by atoms with Gasteiger partial charge in [0.05, 0.1) is 23.4 Å². The van der Waals surface area contributed by atoms with Gasteiger partial charge in [-0.3, -0.25) is 9.59 Å². The Labute approximate surface area is 163 Å². The van der Waals surface area contributed by atoms with E-state index in [-0.39, 0.29) is 23.9 Å². The molecular formula is C22H22N4O2. The molecule has 5 rings (SSSR count). The second-order valence-corrected chi connectivity index (χ2v) is 7.57. The highest BCUT2D eigenvalue weighted by molar-refractivity contribution is 5.88. The summed E-state index contributed by atoms with van der Waals surface area (Å²) in [4.78, 5) is 32.2. The molecule has 0 aliphatic carbocycles. The van der Waals surface area contributed by atoms with Crippen molar-refractivity contribution in [2.45, 2.75) is 37.4 Å². The van der Waals surface area contributed by atoms with Gasteiger partial charge >= 0.3 is 0 Å². The van der Waals surface area contributed by atoms with Gasteiger partial charge in [-0.2, -0.15) is 0 Å². The molecule has 28 heavy (non-hydrogen) atoms. The van der Waals surface area contributed by atoms with Crippen LogP contribution < -0.4 is 5.32 Å². The summed E-state index contributed by atoms with van der Waals surface area (Å²) in [5, 5.41) is 3.03. The third-order valence-corrected chi connectivity index (χ3v) is 5.91. The number of aromatic nitrogens is 2. The number of carbonyl (C=O) groups excluding carboxylic acids is 2. The van der Waals surface area contributed by atoms with Crippen molar-refractivity contribution in [2.75, 3.05) is 6.54 Å². The molecular weight excluding hydrogens is 352 g/mol. The molecule has 2 aliphatic heterocycles. The van der Waals surface area contributed by atoms with Crippen LogP contribution in [0, 0.1) is 0 Å². The molecule has 0 saturated carbocycles. The normalized spacial score (nSPS) is 22.7. The van der Waals surface area contributed by atoms with Gasteiger partial charge in [0.2, 0.25) is 5.91 Å². The Bertz CT molecular complexity index is 1030. The third-order valence-electron chi connectivity index (χ3n) is 5.91. The van der Waals surface area contributed by atoms with E-state index in [1.165, 1.54) is 0 Å². The van der Waals surface area contributed by atoms with E-state index in [9.17, 15) is 9.59 Å². The fourth-order valence-electron chi connectivity index (χ4n) is 4.61. The van der Waals surface area contributed by atoms with Crippen LogP contribution in [0.2, 0.25) is 0 Å². The zero-order valence-corrected chi connectivity index (χ0v) is 15.5. The summed E-state index contributed by atoms with van der Waals surface area (Å²) < 4.78 is 1.96. The molecule has 2 fully saturated rings. The molecule has 6 heteroatoms. The van der Waals surface area contributed by atoms with Crippen LogP contribution in [0.5, 0.6) is 0 Å². The van der Waals surface area contributed by atoms with Crippen molar-refractivity contribution in [3.8, 4) is 0 Å². The van der Waals surface area contributed by atoms with Gasteiger partial charge in [-0.25, -0.2) is 4.98 Å². The Balaban J connectivity index is 1.59. The lowest BCUT2D eigenvalue weighted by molar-refractivity contribution is -0.137. The van der Waals surface area contributed by atoms with Crippen LogP contribution >= 0.6 is 0 Å². The number of rotatable bonds is 3. The smallest absolute Gasteiger partial charge is 0.250 e. The van der Waals surface area contributed by atoms with E-state index in [4.69, 9.17) is 0 Å². The highest BCUT2D eigenvalue weighted by atomic mass is 16.2. The zero-order chi connectivity index (χ0) is 19.1. The van der Waals surface area contributed by atoms with Gasteiger partial charge in [-0.15, -0.1) is 0 Å². The molecule has 2 aromatic carbocycles. The number of imidazole rings is 1. The Hall–Kier alpha value is -3.15. The molecule has 3 aromatic rings. The molecule has 6 nitrogen and oxygen atoms in total. The minimum absolute atomic E-state index is 0.0283. The van der Waals surface area contributed by atoms with Crippen LogP contribution in [0.25, 0.3) is 11.0 Å². The number of fused-ring (bicyclic) bond motifs is 2. The van der Waals surface area contributed by atoms with Crippen molar-refractivity contribution < 1.29 is 9.59 Å². The molecule has 1 aromatic heterocycles. The number of amides is 2. The first kappa shape index (κ1) is 17.0. The van der Waals surface area contributed by atoms with Crippen LogP contribution in [0.15, 0.2) is 60.9 Å².